The largest absolute Gasteiger partial charge is 0.368 e. The molecule has 1 fully saturated rings. The van der Waals surface area contributed by atoms with Gasteiger partial charge in [0.1, 0.15) is 11.5 Å². The Morgan fingerprint density at radius 1 is 1.11 bits per heavy atom. The van der Waals surface area contributed by atoms with E-state index >= 15 is 0 Å². The van der Waals surface area contributed by atoms with Crippen molar-refractivity contribution in [3.05, 3.63) is 47.9 Å². The number of anilines is 2. The summed E-state index contributed by atoms with van der Waals surface area (Å²) in [5.41, 5.74) is 2.97. The first-order chi connectivity index (χ1) is 13.1. The molecule has 6 nitrogen and oxygen atoms in total. The van der Waals surface area contributed by atoms with Gasteiger partial charge in [-0.3, -0.25) is 4.79 Å². The molecule has 2 aromatic rings. The number of nitrogens with zero attached hydrogens (tertiary/aromatic N) is 5. The lowest BCUT2D eigenvalue weighted by Gasteiger charge is -2.36. The predicted molar refractivity (Wildman–Crippen MR) is 110 cm³/mol. The molecule has 27 heavy (non-hydrogen) atoms. The molecule has 0 unspecified atom stereocenters. The number of aryl methyl sites for hydroxylation is 1. The Labute approximate surface area is 161 Å². The maximum Gasteiger partial charge on any atom is 0.273 e. The van der Waals surface area contributed by atoms with Crippen molar-refractivity contribution >= 4 is 17.4 Å². The molecule has 1 aromatic heterocycles. The van der Waals surface area contributed by atoms with E-state index in [1.54, 1.807) is 17.3 Å². The van der Waals surface area contributed by atoms with Crippen LogP contribution in [0.1, 0.15) is 35.8 Å². The number of hydrogen-bond acceptors (Lipinski definition) is 5. The lowest BCUT2D eigenvalue weighted by atomic mass is 10.2. The molecule has 1 aliphatic rings. The van der Waals surface area contributed by atoms with Crippen molar-refractivity contribution in [3.8, 4) is 0 Å². The topological polar surface area (TPSA) is 52.6 Å². The zero-order valence-electron chi connectivity index (χ0n) is 16.6. The van der Waals surface area contributed by atoms with Crippen LogP contribution in [0.5, 0.6) is 0 Å². The third-order valence-corrected chi connectivity index (χ3v) is 5.02. The molecule has 1 aliphatic heterocycles. The molecule has 0 saturated carbocycles. The Hall–Kier alpha value is -2.63. The van der Waals surface area contributed by atoms with Crippen molar-refractivity contribution in [2.45, 2.75) is 26.7 Å². The fraction of sp³-hybridized carbons (Fsp3) is 0.476. The summed E-state index contributed by atoms with van der Waals surface area (Å²) in [6, 6.07) is 8.62. The van der Waals surface area contributed by atoms with Crippen LogP contribution in [-0.2, 0) is 0 Å². The second-order valence-electron chi connectivity index (χ2n) is 7.15. The molecule has 0 spiro atoms. The summed E-state index contributed by atoms with van der Waals surface area (Å²) in [6.07, 6.45) is 5.39. The van der Waals surface area contributed by atoms with Gasteiger partial charge in [0.25, 0.3) is 5.91 Å². The zero-order valence-corrected chi connectivity index (χ0v) is 16.6. The Bertz CT molecular complexity index is 753. The van der Waals surface area contributed by atoms with Crippen LogP contribution < -0.4 is 9.80 Å². The van der Waals surface area contributed by atoms with Gasteiger partial charge in [-0.25, -0.2) is 9.97 Å². The van der Waals surface area contributed by atoms with E-state index in [0.29, 0.717) is 5.69 Å². The summed E-state index contributed by atoms with van der Waals surface area (Å²) in [6.45, 7) is 8.68. The van der Waals surface area contributed by atoms with Gasteiger partial charge >= 0.3 is 0 Å². The van der Waals surface area contributed by atoms with Crippen LogP contribution in [-0.4, -0.2) is 60.5 Å². The number of aromatic nitrogens is 2. The molecule has 0 N–H and O–H groups in total. The molecule has 0 bridgehead atoms. The number of piperazine rings is 1. The van der Waals surface area contributed by atoms with Gasteiger partial charge in [-0.1, -0.05) is 25.5 Å². The van der Waals surface area contributed by atoms with Crippen molar-refractivity contribution in [2.75, 3.05) is 49.6 Å². The Balaban J connectivity index is 1.58. The highest BCUT2D eigenvalue weighted by atomic mass is 16.2. The standard InChI is InChI=1S/C21H29N5O/c1-4-5-9-24(3)21(27)19-15-23-20(16-22-19)26-12-10-25(11-13-26)18-8-6-7-17(2)14-18/h6-8,14-16H,4-5,9-13H2,1-3H3. The Morgan fingerprint density at radius 2 is 1.85 bits per heavy atom. The highest BCUT2D eigenvalue weighted by molar-refractivity contribution is 5.91. The average molecular weight is 367 g/mol. The van der Waals surface area contributed by atoms with Crippen LogP contribution in [0.3, 0.4) is 0 Å². The minimum absolute atomic E-state index is 0.0632. The van der Waals surface area contributed by atoms with Crippen molar-refractivity contribution in [1.29, 1.82) is 0 Å². The molecule has 1 saturated heterocycles. The molecular formula is C21H29N5O. The van der Waals surface area contributed by atoms with E-state index in [2.05, 4.69) is 57.9 Å². The molecule has 0 aliphatic carbocycles. The summed E-state index contributed by atoms with van der Waals surface area (Å²) < 4.78 is 0. The third kappa shape index (κ3) is 4.76. The van der Waals surface area contributed by atoms with Gasteiger partial charge in [0.15, 0.2) is 0 Å². The molecule has 2 heterocycles. The normalized spacial score (nSPS) is 14.3. The van der Waals surface area contributed by atoms with Crippen LogP contribution in [0, 0.1) is 6.92 Å². The van der Waals surface area contributed by atoms with E-state index in [-0.39, 0.29) is 5.91 Å². The van der Waals surface area contributed by atoms with Gasteiger partial charge < -0.3 is 14.7 Å². The molecular weight excluding hydrogens is 338 g/mol. The van der Waals surface area contributed by atoms with Crippen LogP contribution >= 0.6 is 0 Å². The van der Waals surface area contributed by atoms with E-state index in [4.69, 9.17) is 0 Å². The van der Waals surface area contributed by atoms with Gasteiger partial charge in [-0.2, -0.15) is 0 Å². The zero-order chi connectivity index (χ0) is 19.2. The van der Waals surface area contributed by atoms with Crippen LogP contribution in [0.2, 0.25) is 0 Å². The van der Waals surface area contributed by atoms with Crippen molar-refractivity contribution in [1.82, 2.24) is 14.9 Å². The fourth-order valence-corrected chi connectivity index (χ4v) is 3.31. The average Bonchev–Trinajstić information content (AvgIpc) is 2.71. The van der Waals surface area contributed by atoms with E-state index in [1.807, 2.05) is 7.05 Å². The number of rotatable bonds is 6. The van der Waals surface area contributed by atoms with Crippen LogP contribution in [0.4, 0.5) is 11.5 Å². The maximum atomic E-state index is 12.4. The van der Waals surface area contributed by atoms with E-state index in [0.717, 1.165) is 51.4 Å². The van der Waals surface area contributed by atoms with E-state index in [9.17, 15) is 4.79 Å². The second kappa shape index (κ2) is 8.84. The smallest absolute Gasteiger partial charge is 0.273 e. The molecule has 1 amide bonds. The number of unbranched alkanes of at least 4 members (excludes halogenated alkanes) is 1. The van der Waals surface area contributed by atoms with Crippen molar-refractivity contribution in [3.63, 3.8) is 0 Å². The molecule has 1 aromatic carbocycles. The Morgan fingerprint density at radius 3 is 2.48 bits per heavy atom. The second-order valence-corrected chi connectivity index (χ2v) is 7.15. The first-order valence-electron chi connectivity index (χ1n) is 9.72. The first-order valence-corrected chi connectivity index (χ1v) is 9.72. The van der Waals surface area contributed by atoms with Gasteiger partial charge in [0, 0.05) is 45.5 Å². The van der Waals surface area contributed by atoms with E-state index < -0.39 is 0 Å². The minimum Gasteiger partial charge on any atom is -0.368 e. The van der Waals surface area contributed by atoms with Crippen molar-refractivity contribution in [2.24, 2.45) is 0 Å². The molecule has 0 radical (unpaired) electrons. The lowest BCUT2D eigenvalue weighted by molar-refractivity contribution is 0.0787. The number of hydrogen-bond donors (Lipinski definition) is 0. The van der Waals surface area contributed by atoms with Gasteiger partial charge in [-0.05, 0) is 31.0 Å². The molecule has 3 rings (SSSR count). The fourth-order valence-electron chi connectivity index (χ4n) is 3.31. The van der Waals surface area contributed by atoms with Crippen molar-refractivity contribution < 1.29 is 4.79 Å². The predicted octanol–water partition coefficient (Wildman–Crippen LogP) is 2.98. The highest BCUT2D eigenvalue weighted by Gasteiger charge is 2.20. The highest BCUT2D eigenvalue weighted by Crippen LogP contribution is 2.20. The minimum atomic E-state index is -0.0632. The Kier molecular flexibility index (Phi) is 6.27. The molecule has 144 valence electrons. The van der Waals surface area contributed by atoms with Crippen LogP contribution in [0.15, 0.2) is 36.7 Å². The third-order valence-electron chi connectivity index (χ3n) is 5.02. The van der Waals surface area contributed by atoms with Gasteiger partial charge in [0.05, 0.1) is 12.4 Å². The quantitative estimate of drug-likeness (QED) is 0.786. The summed E-state index contributed by atoms with van der Waals surface area (Å²) in [5, 5.41) is 0. The number of benzene rings is 1. The van der Waals surface area contributed by atoms with Gasteiger partial charge in [0.2, 0.25) is 0 Å². The van der Waals surface area contributed by atoms with Gasteiger partial charge in [-0.15, -0.1) is 0 Å². The first kappa shape index (κ1) is 19.1. The number of carbonyl (C=O) groups excluding carboxylic acids is 1. The summed E-state index contributed by atoms with van der Waals surface area (Å²) in [5.74, 6) is 0.776. The van der Waals surface area contributed by atoms with Crippen LogP contribution in [0.25, 0.3) is 0 Å². The SMILES string of the molecule is CCCCN(C)C(=O)c1cnc(N2CCN(c3cccc(C)c3)CC2)cn1. The van der Waals surface area contributed by atoms with E-state index in [1.165, 1.54) is 11.3 Å². The maximum absolute atomic E-state index is 12.4. The summed E-state index contributed by atoms with van der Waals surface area (Å²) in [4.78, 5) is 27.6. The molecule has 6 heteroatoms. The number of amides is 1. The number of carbonyl (C=O) groups is 1. The lowest BCUT2D eigenvalue weighted by Crippen LogP contribution is -2.47. The molecule has 0 atom stereocenters. The summed E-state index contributed by atoms with van der Waals surface area (Å²) >= 11 is 0. The summed E-state index contributed by atoms with van der Waals surface area (Å²) in [7, 11) is 1.82. The monoisotopic (exact) mass is 367 g/mol.